The molecule has 1 atom stereocenters. The van der Waals surface area contributed by atoms with E-state index in [1.54, 1.807) is 0 Å². The molecular formula is C17H24N2O4. The summed E-state index contributed by atoms with van der Waals surface area (Å²) < 4.78 is 11.2. The molecule has 1 amide bonds. The fraction of sp³-hybridized carbons (Fsp3) is 0.588. The topological polar surface area (TPSA) is 62.2 Å². The zero-order chi connectivity index (χ0) is 16.2. The summed E-state index contributed by atoms with van der Waals surface area (Å²) >= 11 is 0. The van der Waals surface area contributed by atoms with Crippen LogP contribution in [-0.4, -0.2) is 68.5 Å². The highest BCUT2D eigenvalue weighted by molar-refractivity contribution is 5.95. The fourth-order valence-corrected chi connectivity index (χ4v) is 3.14. The molecule has 6 nitrogen and oxygen atoms in total. The molecular weight excluding hydrogens is 296 g/mol. The fourth-order valence-electron chi connectivity index (χ4n) is 3.14. The number of hydrogen-bond acceptors (Lipinski definition) is 5. The highest BCUT2D eigenvalue weighted by Crippen LogP contribution is 2.32. The SMILES string of the molecule is CN1CCOc2ccc(C(=O)N3CCCC(OCCO)C3)cc21. The number of hydrogen-bond donors (Lipinski definition) is 1. The summed E-state index contributed by atoms with van der Waals surface area (Å²) in [5.41, 5.74) is 1.65. The summed E-state index contributed by atoms with van der Waals surface area (Å²) in [6.07, 6.45) is 1.88. The lowest BCUT2D eigenvalue weighted by Gasteiger charge is -2.33. The Kier molecular flexibility index (Phi) is 5.03. The van der Waals surface area contributed by atoms with Crippen molar-refractivity contribution < 1.29 is 19.4 Å². The van der Waals surface area contributed by atoms with Gasteiger partial charge in [0, 0.05) is 25.7 Å². The number of carbonyl (C=O) groups excluding carboxylic acids is 1. The van der Waals surface area contributed by atoms with Gasteiger partial charge in [0.2, 0.25) is 0 Å². The van der Waals surface area contributed by atoms with Gasteiger partial charge in [-0.1, -0.05) is 0 Å². The molecule has 2 heterocycles. The van der Waals surface area contributed by atoms with Crippen molar-refractivity contribution in [2.45, 2.75) is 18.9 Å². The third kappa shape index (κ3) is 3.59. The van der Waals surface area contributed by atoms with Gasteiger partial charge in [-0.25, -0.2) is 0 Å². The summed E-state index contributed by atoms with van der Waals surface area (Å²) in [5, 5.41) is 8.87. The first-order chi connectivity index (χ1) is 11.2. The van der Waals surface area contributed by atoms with Gasteiger partial charge in [-0.15, -0.1) is 0 Å². The minimum Gasteiger partial charge on any atom is -0.490 e. The van der Waals surface area contributed by atoms with Crippen molar-refractivity contribution in [3.63, 3.8) is 0 Å². The third-order valence-corrected chi connectivity index (χ3v) is 4.41. The van der Waals surface area contributed by atoms with Crippen LogP contribution in [0.3, 0.4) is 0 Å². The van der Waals surface area contributed by atoms with Crippen LogP contribution in [0.1, 0.15) is 23.2 Å². The molecule has 1 N–H and O–H groups in total. The number of benzene rings is 1. The van der Waals surface area contributed by atoms with Crippen molar-refractivity contribution in [1.29, 1.82) is 0 Å². The highest BCUT2D eigenvalue weighted by Gasteiger charge is 2.26. The quantitative estimate of drug-likeness (QED) is 0.901. The maximum atomic E-state index is 12.8. The van der Waals surface area contributed by atoms with Crippen LogP contribution >= 0.6 is 0 Å². The van der Waals surface area contributed by atoms with Gasteiger partial charge in [0.25, 0.3) is 5.91 Å². The number of ether oxygens (including phenoxy) is 2. The second-order valence-electron chi connectivity index (χ2n) is 6.06. The Balaban J connectivity index is 1.71. The Bertz CT molecular complexity index is 564. The van der Waals surface area contributed by atoms with E-state index in [0.717, 1.165) is 37.4 Å². The van der Waals surface area contributed by atoms with Crippen molar-refractivity contribution in [3.05, 3.63) is 23.8 Å². The normalized spacial score (nSPS) is 20.9. The standard InChI is InChI=1S/C17H24N2O4/c1-18-7-9-23-16-5-4-13(11-15(16)18)17(21)19-6-2-3-14(12-19)22-10-8-20/h4-5,11,14,20H,2-3,6-10,12H2,1H3. The van der Waals surface area contributed by atoms with E-state index in [0.29, 0.717) is 25.3 Å². The Morgan fingerprint density at radius 2 is 2.30 bits per heavy atom. The molecule has 0 aromatic heterocycles. The molecule has 1 fully saturated rings. The molecule has 1 aromatic rings. The second-order valence-corrected chi connectivity index (χ2v) is 6.06. The van der Waals surface area contributed by atoms with Gasteiger partial charge in [-0.3, -0.25) is 4.79 Å². The van der Waals surface area contributed by atoms with Gasteiger partial charge in [-0.05, 0) is 31.0 Å². The average molecular weight is 320 g/mol. The van der Waals surface area contributed by atoms with Crippen molar-refractivity contribution in [3.8, 4) is 5.75 Å². The van der Waals surface area contributed by atoms with E-state index in [1.165, 1.54) is 0 Å². The molecule has 1 unspecified atom stereocenters. The summed E-state index contributed by atoms with van der Waals surface area (Å²) in [5.74, 6) is 0.863. The number of likely N-dealkylation sites (N-methyl/N-ethyl adjacent to an activating group) is 1. The van der Waals surface area contributed by atoms with Crippen LogP contribution in [0.25, 0.3) is 0 Å². The number of likely N-dealkylation sites (tertiary alicyclic amines) is 1. The lowest BCUT2D eigenvalue weighted by Crippen LogP contribution is -2.43. The molecule has 23 heavy (non-hydrogen) atoms. The van der Waals surface area contributed by atoms with Crippen LogP contribution in [0.4, 0.5) is 5.69 Å². The van der Waals surface area contributed by atoms with Crippen LogP contribution in [-0.2, 0) is 4.74 Å². The van der Waals surface area contributed by atoms with Crippen LogP contribution in [0.2, 0.25) is 0 Å². The molecule has 6 heteroatoms. The van der Waals surface area contributed by atoms with Crippen LogP contribution in [0.15, 0.2) is 18.2 Å². The predicted octanol–water partition coefficient (Wildman–Crippen LogP) is 1.13. The first kappa shape index (κ1) is 16.1. The number of nitrogens with zero attached hydrogens (tertiary/aromatic N) is 2. The number of fused-ring (bicyclic) bond motifs is 1. The van der Waals surface area contributed by atoms with Gasteiger partial charge in [0.05, 0.1) is 31.5 Å². The maximum absolute atomic E-state index is 12.8. The average Bonchev–Trinajstić information content (AvgIpc) is 2.60. The zero-order valence-electron chi connectivity index (χ0n) is 13.5. The Morgan fingerprint density at radius 3 is 3.13 bits per heavy atom. The minimum absolute atomic E-state index is 0.0155. The minimum atomic E-state index is 0.0155. The number of anilines is 1. The molecule has 0 radical (unpaired) electrons. The number of amides is 1. The molecule has 1 aromatic carbocycles. The third-order valence-electron chi connectivity index (χ3n) is 4.41. The molecule has 1 saturated heterocycles. The van der Waals surface area contributed by atoms with E-state index >= 15 is 0 Å². The summed E-state index contributed by atoms with van der Waals surface area (Å²) in [4.78, 5) is 16.7. The second kappa shape index (κ2) is 7.19. The van der Waals surface area contributed by atoms with E-state index in [4.69, 9.17) is 14.6 Å². The van der Waals surface area contributed by atoms with Crippen LogP contribution in [0.5, 0.6) is 5.75 Å². The Morgan fingerprint density at radius 1 is 1.43 bits per heavy atom. The zero-order valence-corrected chi connectivity index (χ0v) is 13.5. The van der Waals surface area contributed by atoms with E-state index in [2.05, 4.69) is 4.90 Å². The van der Waals surface area contributed by atoms with Crippen molar-refractivity contribution in [2.75, 3.05) is 51.4 Å². The van der Waals surface area contributed by atoms with Gasteiger partial charge < -0.3 is 24.4 Å². The number of carbonyl (C=O) groups is 1. The first-order valence-electron chi connectivity index (χ1n) is 8.19. The Hall–Kier alpha value is -1.79. The number of piperidine rings is 1. The molecule has 0 aliphatic carbocycles. The first-order valence-corrected chi connectivity index (χ1v) is 8.19. The number of rotatable bonds is 4. The maximum Gasteiger partial charge on any atom is 0.254 e. The smallest absolute Gasteiger partial charge is 0.254 e. The van der Waals surface area contributed by atoms with E-state index in [-0.39, 0.29) is 18.6 Å². The molecule has 126 valence electrons. The summed E-state index contributed by atoms with van der Waals surface area (Å²) in [6.45, 7) is 3.18. The molecule has 2 aliphatic rings. The Labute approximate surface area is 136 Å². The highest BCUT2D eigenvalue weighted by atomic mass is 16.5. The van der Waals surface area contributed by atoms with Crippen molar-refractivity contribution >= 4 is 11.6 Å². The van der Waals surface area contributed by atoms with Gasteiger partial charge in [0.15, 0.2) is 0 Å². The van der Waals surface area contributed by atoms with Crippen molar-refractivity contribution in [1.82, 2.24) is 4.90 Å². The molecule has 0 saturated carbocycles. The van der Waals surface area contributed by atoms with E-state index in [9.17, 15) is 4.79 Å². The lowest BCUT2D eigenvalue weighted by molar-refractivity contribution is -0.0110. The van der Waals surface area contributed by atoms with Gasteiger partial charge >= 0.3 is 0 Å². The number of aliphatic hydroxyl groups is 1. The summed E-state index contributed by atoms with van der Waals surface area (Å²) in [7, 11) is 2.01. The monoisotopic (exact) mass is 320 g/mol. The van der Waals surface area contributed by atoms with E-state index in [1.807, 2.05) is 30.1 Å². The predicted molar refractivity (Wildman–Crippen MR) is 87.2 cm³/mol. The van der Waals surface area contributed by atoms with Crippen LogP contribution < -0.4 is 9.64 Å². The number of aliphatic hydroxyl groups excluding tert-OH is 1. The summed E-state index contributed by atoms with van der Waals surface area (Å²) in [6, 6.07) is 5.62. The molecule has 2 aliphatic heterocycles. The lowest BCUT2D eigenvalue weighted by atomic mass is 10.1. The molecule has 0 bridgehead atoms. The van der Waals surface area contributed by atoms with Crippen LogP contribution in [0, 0.1) is 0 Å². The molecule has 3 rings (SSSR count). The largest absolute Gasteiger partial charge is 0.490 e. The molecule has 0 spiro atoms. The van der Waals surface area contributed by atoms with Crippen molar-refractivity contribution in [2.24, 2.45) is 0 Å². The van der Waals surface area contributed by atoms with Gasteiger partial charge in [-0.2, -0.15) is 0 Å². The van der Waals surface area contributed by atoms with Gasteiger partial charge in [0.1, 0.15) is 12.4 Å². The van der Waals surface area contributed by atoms with E-state index < -0.39 is 0 Å².